The molecular formula is C31H26N2O6S. The molecule has 1 aliphatic heterocycles. The Kier molecular flexibility index (Phi) is 7.48. The van der Waals surface area contributed by atoms with Crippen molar-refractivity contribution in [2.45, 2.75) is 26.5 Å². The molecule has 3 aromatic carbocycles. The SMILES string of the molecule is COC(=O)c1sc(N2C(=O)C(=O)C(=C(O)c3ccc(OCc4cccc(C)c4)cc3)C2c2ccccc2)nc1C. The summed E-state index contributed by atoms with van der Waals surface area (Å²) in [7, 11) is 1.26. The first-order chi connectivity index (χ1) is 19.3. The Bertz CT molecular complexity index is 1630. The van der Waals surface area contributed by atoms with Gasteiger partial charge in [0.1, 0.15) is 23.0 Å². The standard InChI is InChI=1S/C31H26N2O6S/c1-18-8-7-9-20(16-18)17-39-23-14-12-22(13-15-23)26(34)24-25(21-10-5-4-6-11-21)33(29(36)27(24)35)31-32-19(2)28(40-31)30(37)38-3/h4-16,25,34H,17H2,1-3H3. The number of methoxy groups -OCH3 is 1. The van der Waals surface area contributed by atoms with Crippen LogP contribution in [0.2, 0.25) is 0 Å². The van der Waals surface area contributed by atoms with Gasteiger partial charge in [-0.3, -0.25) is 14.5 Å². The average Bonchev–Trinajstić information content (AvgIpc) is 3.48. The zero-order valence-corrected chi connectivity index (χ0v) is 22.9. The van der Waals surface area contributed by atoms with E-state index in [1.54, 1.807) is 55.5 Å². The molecule has 0 bridgehead atoms. The zero-order valence-electron chi connectivity index (χ0n) is 22.1. The summed E-state index contributed by atoms with van der Waals surface area (Å²) in [4.78, 5) is 44.8. The van der Waals surface area contributed by atoms with Crippen molar-refractivity contribution in [3.8, 4) is 5.75 Å². The smallest absolute Gasteiger partial charge is 0.350 e. The number of thiazole rings is 1. The van der Waals surface area contributed by atoms with E-state index in [0.29, 0.717) is 29.2 Å². The summed E-state index contributed by atoms with van der Waals surface area (Å²) < 4.78 is 10.7. The van der Waals surface area contributed by atoms with Gasteiger partial charge >= 0.3 is 11.9 Å². The lowest BCUT2D eigenvalue weighted by molar-refractivity contribution is -0.132. The number of anilines is 1. The molecule has 1 atom stereocenters. The second-order valence-corrected chi connectivity index (χ2v) is 10.3. The lowest BCUT2D eigenvalue weighted by atomic mass is 9.95. The molecule has 0 aliphatic carbocycles. The van der Waals surface area contributed by atoms with Crippen LogP contribution in [0, 0.1) is 13.8 Å². The third kappa shape index (κ3) is 5.11. The van der Waals surface area contributed by atoms with Gasteiger partial charge in [-0.1, -0.05) is 71.5 Å². The van der Waals surface area contributed by atoms with E-state index in [1.807, 2.05) is 37.3 Å². The number of nitrogens with zero attached hydrogens (tertiary/aromatic N) is 2. The molecule has 2 heterocycles. The number of carbonyl (C=O) groups excluding carboxylic acids is 3. The monoisotopic (exact) mass is 554 g/mol. The average molecular weight is 555 g/mol. The molecule has 1 aromatic heterocycles. The molecule has 1 amide bonds. The van der Waals surface area contributed by atoms with Gasteiger partial charge in [-0.15, -0.1) is 0 Å². The summed E-state index contributed by atoms with van der Waals surface area (Å²) >= 11 is 0.956. The van der Waals surface area contributed by atoms with Gasteiger partial charge in [0, 0.05) is 5.56 Å². The van der Waals surface area contributed by atoms with Crippen molar-refractivity contribution >= 4 is 39.9 Å². The number of rotatable bonds is 7. The third-order valence-corrected chi connectivity index (χ3v) is 7.67. The number of benzene rings is 3. The number of aromatic nitrogens is 1. The van der Waals surface area contributed by atoms with Crippen molar-refractivity contribution in [3.63, 3.8) is 0 Å². The third-order valence-electron chi connectivity index (χ3n) is 6.54. The molecule has 1 aliphatic rings. The highest BCUT2D eigenvalue weighted by Gasteiger charge is 2.48. The molecule has 1 fully saturated rings. The van der Waals surface area contributed by atoms with Crippen molar-refractivity contribution in [1.82, 2.24) is 4.98 Å². The van der Waals surface area contributed by atoms with Gasteiger partial charge in [0.25, 0.3) is 5.78 Å². The molecule has 5 rings (SSSR count). The fourth-order valence-corrected chi connectivity index (χ4v) is 5.59. The van der Waals surface area contributed by atoms with E-state index in [-0.39, 0.29) is 21.3 Å². The van der Waals surface area contributed by atoms with Crippen LogP contribution in [0.15, 0.2) is 84.4 Å². The van der Waals surface area contributed by atoms with Crippen molar-refractivity contribution < 1.29 is 29.0 Å². The molecule has 1 unspecified atom stereocenters. The first kappa shape index (κ1) is 26.8. The predicted octanol–water partition coefficient (Wildman–Crippen LogP) is 5.75. The number of carbonyl (C=O) groups is 3. The first-order valence-corrected chi connectivity index (χ1v) is 13.3. The number of aliphatic hydroxyl groups is 1. The molecule has 0 saturated carbocycles. The van der Waals surface area contributed by atoms with Crippen molar-refractivity contribution in [1.29, 1.82) is 0 Å². The molecule has 202 valence electrons. The zero-order chi connectivity index (χ0) is 28.4. The summed E-state index contributed by atoms with van der Waals surface area (Å²) in [5.41, 5.74) is 3.43. The Morgan fingerprint density at radius 1 is 1.00 bits per heavy atom. The number of esters is 1. The highest BCUT2D eigenvalue weighted by molar-refractivity contribution is 7.17. The van der Waals surface area contributed by atoms with Crippen LogP contribution in [0.25, 0.3) is 5.76 Å². The van der Waals surface area contributed by atoms with Crippen molar-refractivity contribution in [2.24, 2.45) is 0 Å². The Hall–Kier alpha value is -4.76. The molecule has 9 heteroatoms. The van der Waals surface area contributed by atoms with Crippen LogP contribution in [0.1, 0.15) is 43.7 Å². The van der Waals surface area contributed by atoms with Gasteiger partial charge in [-0.25, -0.2) is 9.78 Å². The number of hydrogen-bond donors (Lipinski definition) is 1. The molecule has 1 N–H and O–H groups in total. The molecule has 4 aromatic rings. The van der Waals surface area contributed by atoms with Crippen LogP contribution in [-0.4, -0.2) is 34.9 Å². The predicted molar refractivity (Wildman–Crippen MR) is 151 cm³/mol. The van der Waals surface area contributed by atoms with Crippen molar-refractivity contribution in [3.05, 3.63) is 117 Å². The van der Waals surface area contributed by atoms with Gasteiger partial charge in [-0.05, 0) is 49.2 Å². The minimum Gasteiger partial charge on any atom is -0.507 e. The minimum atomic E-state index is -0.950. The Labute approximate surface area is 235 Å². The van der Waals surface area contributed by atoms with Crippen LogP contribution >= 0.6 is 11.3 Å². The second kappa shape index (κ2) is 11.2. The number of aryl methyl sites for hydroxylation is 2. The first-order valence-electron chi connectivity index (χ1n) is 12.5. The summed E-state index contributed by atoms with van der Waals surface area (Å²) in [5.74, 6) is -2.01. The second-order valence-electron chi connectivity index (χ2n) is 9.28. The fraction of sp³-hybridized carbons (Fsp3) is 0.161. The number of ketones is 1. The van der Waals surface area contributed by atoms with Crippen LogP contribution in [0.5, 0.6) is 5.75 Å². The number of ether oxygens (including phenoxy) is 2. The van der Waals surface area contributed by atoms with E-state index in [9.17, 15) is 19.5 Å². The lowest BCUT2D eigenvalue weighted by Crippen LogP contribution is -2.29. The van der Waals surface area contributed by atoms with Gasteiger partial charge < -0.3 is 14.6 Å². The fourth-order valence-electron chi connectivity index (χ4n) is 4.58. The molecular weight excluding hydrogens is 528 g/mol. The Balaban J connectivity index is 1.51. The molecule has 0 spiro atoms. The van der Waals surface area contributed by atoms with Crippen LogP contribution < -0.4 is 9.64 Å². The quantitative estimate of drug-likeness (QED) is 0.134. The highest BCUT2D eigenvalue weighted by Crippen LogP contribution is 2.44. The summed E-state index contributed by atoms with van der Waals surface area (Å²) in [5, 5.41) is 11.5. The molecule has 8 nitrogen and oxygen atoms in total. The van der Waals surface area contributed by atoms with Crippen LogP contribution in [0.3, 0.4) is 0 Å². The molecule has 40 heavy (non-hydrogen) atoms. The summed E-state index contributed by atoms with van der Waals surface area (Å²) in [6.45, 7) is 4.02. The number of Topliss-reactive ketones (excluding diaryl/α,β-unsaturated/α-hetero) is 1. The van der Waals surface area contributed by atoms with E-state index in [2.05, 4.69) is 4.98 Å². The lowest BCUT2D eigenvalue weighted by Gasteiger charge is -2.23. The maximum atomic E-state index is 13.4. The topological polar surface area (TPSA) is 106 Å². The van der Waals surface area contributed by atoms with E-state index in [4.69, 9.17) is 9.47 Å². The maximum Gasteiger partial charge on any atom is 0.350 e. The van der Waals surface area contributed by atoms with E-state index >= 15 is 0 Å². The maximum absolute atomic E-state index is 13.4. The Morgan fingerprint density at radius 2 is 1.73 bits per heavy atom. The molecule has 0 radical (unpaired) electrons. The van der Waals surface area contributed by atoms with Gasteiger partial charge in [0.2, 0.25) is 0 Å². The van der Waals surface area contributed by atoms with Crippen LogP contribution in [0.4, 0.5) is 5.13 Å². The van der Waals surface area contributed by atoms with E-state index in [1.165, 1.54) is 12.0 Å². The molecule has 1 saturated heterocycles. The van der Waals surface area contributed by atoms with Crippen molar-refractivity contribution in [2.75, 3.05) is 12.0 Å². The van der Waals surface area contributed by atoms with E-state index in [0.717, 1.165) is 22.5 Å². The number of hydrogen-bond acceptors (Lipinski definition) is 8. The van der Waals surface area contributed by atoms with Gasteiger partial charge in [-0.2, -0.15) is 0 Å². The van der Waals surface area contributed by atoms with Crippen LogP contribution in [-0.2, 0) is 20.9 Å². The number of amides is 1. The van der Waals surface area contributed by atoms with E-state index < -0.39 is 23.7 Å². The normalized spacial score (nSPS) is 16.3. The minimum absolute atomic E-state index is 0.0721. The highest BCUT2D eigenvalue weighted by atomic mass is 32.1. The van der Waals surface area contributed by atoms with Gasteiger partial charge in [0.15, 0.2) is 5.13 Å². The summed E-state index contributed by atoms with van der Waals surface area (Å²) in [6.07, 6.45) is 0. The van der Waals surface area contributed by atoms with Gasteiger partial charge in [0.05, 0.1) is 24.4 Å². The number of aliphatic hydroxyl groups excluding tert-OH is 1. The summed E-state index contributed by atoms with van der Waals surface area (Å²) in [6, 6.07) is 22.6. The largest absolute Gasteiger partial charge is 0.507 e. The Morgan fingerprint density at radius 3 is 2.40 bits per heavy atom.